The number of hydrogen-bond donors (Lipinski definition) is 2. The molecule has 0 aliphatic rings. The Kier molecular flexibility index (Phi) is 7.65. The number of carbonyl (C=O) groups is 2. The molecule has 31 heavy (non-hydrogen) atoms. The predicted octanol–water partition coefficient (Wildman–Crippen LogP) is 4.34. The molecule has 0 saturated heterocycles. The Morgan fingerprint density at radius 2 is 1.52 bits per heavy atom. The second kappa shape index (κ2) is 10.8. The lowest BCUT2D eigenvalue weighted by atomic mass is 10.2. The molecule has 6 nitrogen and oxygen atoms in total. The van der Waals surface area contributed by atoms with Crippen LogP contribution in [0.1, 0.15) is 12.5 Å². The molecule has 0 unspecified atom stereocenters. The summed E-state index contributed by atoms with van der Waals surface area (Å²) in [5.74, 6) is 0.582. The van der Waals surface area contributed by atoms with Crippen molar-refractivity contribution in [2.75, 3.05) is 35.7 Å². The average Bonchev–Trinajstić information content (AvgIpc) is 2.79. The van der Waals surface area contributed by atoms with Gasteiger partial charge in [0.1, 0.15) is 5.75 Å². The van der Waals surface area contributed by atoms with Crippen molar-refractivity contribution in [3.63, 3.8) is 0 Å². The number of benzene rings is 3. The molecule has 0 aliphatic heterocycles. The Labute approximate surface area is 182 Å². The van der Waals surface area contributed by atoms with Gasteiger partial charge in [-0.15, -0.1) is 0 Å². The maximum Gasteiger partial charge on any atom is 0.243 e. The molecule has 0 radical (unpaired) electrons. The van der Waals surface area contributed by atoms with Crippen molar-refractivity contribution < 1.29 is 14.3 Å². The van der Waals surface area contributed by atoms with Crippen molar-refractivity contribution in [3.05, 3.63) is 84.4 Å². The van der Waals surface area contributed by atoms with Crippen molar-refractivity contribution in [2.45, 2.75) is 13.3 Å². The molecule has 160 valence electrons. The number of rotatable bonds is 9. The highest BCUT2D eigenvalue weighted by Gasteiger charge is 2.06. The van der Waals surface area contributed by atoms with Crippen LogP contribution in [0.15, 0.2) is 78.9 Å². The van der Waals surface area contributed by atoms with E-state index in [0.717, 1.165) is 23.5 Å². The summed E-state index contributed by atoms with van der Waals surface area (Å²) in [7, 11) is 1.72. The summed E-state index contributed by atoms with van der Waals surface area (Å²) in [6.45, 7) is 2.25. The van der Waals surface area contributed by atoms with E-state index in [1.165, 1.54) is 12.5 Å². The molecular formula is C25H27N3O3. The maximum atomic E-state index is 12.2. The smallest absolute Gasteiger partial charge is 0.243 e. The lowest BCUT2D eigenvalue weighted by molar-refractivity contribution is -0.116. The third-order valence-corrected chi connectivity index (χ3v) is 4.82. The SMILES string of the molecule is CC(=O)N(C)c1ccc(NCC(=O)Nc2ccc(OCCc3ccccc3)cc2)cc1. The largest absolute Gasteiger partial charge is 0.493 e. The molecule has 0 bridgehead atoms. The van der Waals surface area contributed by atoms with Crippen LogP contribution < -0.4 is 20.3 Å². The highest BCUT2D eigenvalue weighted by atomic mass is 16.5. The molecule has 3 aromatic carbocycles. The molecule has 0 heterocycles. The Hall–Kier alpha value is -3.80. The highest BCUT2D eigenvalue weighted by molar-refractivity contribution is 5.94. The number of carbonyl (C=O) groups excluding carboxylic acids is 2. The minimum absolute atomic E-state index is 0.0345. The van der Waals surface area contributed by atoms with Gasteiger partial charge in [0.05, 0.1) is 13.2 Å². The van der Waals surface area contributed by atoms with Gasteiger partial charge in [-0.05, 0) is 54.1 Å². The van der Waals surface area contributed by atoms with Gasteiger partial charge < -0.3 is 20.3 Å². The van der Waals surface area contributed by atoms with Crippen LogP contribution in [-0.2, 0) is 16.0 Å². The first kappa shape index (κ1) is 21.9. The molecule has 0 saturated carbocycles. The van der Waals surface area contributed by atoms with Gasteiger partial charge in [-0.3, -0.25) is 9.59 Å². The lowest BCUT2D eigenvalue weighted by Gasteiger charge is -2.15. The zero-order valence-electron chi connectivity index (χ0n) is 17.8. The van der Waals surface area contributed by atoms with E-state index in [-0.39, 0.29) is 18.4 Å². The third-order valence-electron chi connectivity index (χ3n) is 4.82. The van der Waals surface area contributed by atoms with Gasteiger partial charge in [0, 0.05) is 37.5 Å². The zero-order chi connectivity index (χ0) is 22.1. The molecule has 0 fully saturated rings. The van der Waals surface area contributed by atoms with Crippen LogP contribution in [0.5, 0.6) is 5.75 Å². The van der Waals surface area contributed by atoms with E-state index in [1.54, 1.807) is 11.9 Å². The lowest BCUT2D eigenvalue weighted by Crippen LogP contribution is -2.23. The van der Waals surface area contributed by atoms with Crippen molar-refractivity contribution in [1.29, 1.82) is 0 Å². The number of nitrogens with one attached hydrogen (secondary N) is 2. The number of hydrogen-bond acceptors (Lipinski definition) is 4. The summed E-state index contributed by atoms with van der Waals surface area (Å²) in [6, 6.07) is 24.9. The van der Waals surface area contributed by atoms with Crippen LogP contribution >= 0.6 is 0 Å². The molecule has 0 aliphatic carbocycles. The molecular weight excluding hydrogens is 390 g/mol. The third kappa shape index (κ3) is 6.89. The standard InChI is InChI=1S/C25H27N3O3/c1-19(29)28(2)23-12-8-21(9-13-23)26-18-25(30)27-22-10-14-24(15-11-22)31-17-16-20-6-4-3-5-7-20/h3-15,26H,16-18H2,1-2H3,(H,27,30). The molecule has 0 atom stereocenters. The molecule has 3 rings (SSSR count). The minimum Gasteiger partial charge on any atom is -0.493 e. The van der Waals surface area contributed by atoms with E-state index >= 15 is 0 Å². The van der Waals surface area contributed by atoms with E-state index in [1.807, 2.05) is 66.7 Å². The molecule has 0 spiro atoms. The maximum absolute atomic E-state index is 12.2. The van der Waals surface area contributed by atoms with E-state index in [2.05, 4.69) is 22.8 Å². The van der Waals surface area contributed by atoms with Gasteiger partial charge >= 0.3 is 0 Å². The number of nitrogens with zero attached hydrogens (tertiary/aromatic N) is 1. The van der Waals surface area contributed by atoms with Gasteiger partial charge in [0.15, 0.2) is 0 Å². The van der Waals surface area contributed by atoms with Crippen LogP contribution in [0.4, 0.5) is 17.1 Å². The summed E-state index contributed by atoms with van der Waals surface area (Å²) < 4.78 is 5.77. The van der Waals surface area contributed by atoms with Crippen LogP contribution in [0.2, 0.25) is 0 Å². The van der Waals surface area contributed by atoms with E-state index in [0.29, 0.717) is 12.3 Å². The van der Waals surface area contributed by atoms with E-state index < -0.39 is 0 Å². The summed E-state index contributed by atoms with van der Waals surface area (Å²) >= 11 is 0. The molecule has 2 N–H and O–H groups in total. The molecule has 2 amide bonds. The Morgan fingerprint density at radius 1 is 0.871 bits per heavy atom. The zero-order valence-corrected chi connectivity index (χ0v) is 17.8. The normalized spacial score (nSPS) is 10.3. The fourth-order valence-electron chi connectivity index (χ4n) is 2.94. The van der Waals surface area contributed by atoms with Crippen LogP contribution in [-0.4, -0.2) is 32.0 Å². The number of amides is 2. The first-order chi connectivity index (χ1) is 15.0. The van der Waals surface area contributed by atoms with Crippen molar-refractivity contribution >= 4 is 28.9 Å². The van der Waals surface area contributed by atoms with E-state index in [4.69, 9.17) is 4.74 Å². The van der Waals surface area contributed by atoms with Gasteiger partial charge in [-0.25, -0.2) is 0 Å². The Morgan fingerprint density at radius 3 is 2.16 bits per heavy atom. The van der Waals surface area contributed by atoms with Gasteiger partial charge in [-0.2, -0.15) is 0 Å². The highest BCUT2D eigenvalue weighted by Crippen LogP contribution is 2.18. The van der Waals surface area contributed by atoms with Crippen LogP contribution in [0, 0.1) is 0 Å². The summed E-state index contributed by atoms with van der Waals surface area (Å²) in [5.41, 5.74) is 3.55. The predicted molar refractivity (Wildman–Crippen MR) is 125 cm³/mol. The quantitative estimate of drug-likeness (QED) is 0.543. The minimum atomic E-state index is -0.150. The Balaban J connectivity index is 1.41. The first-order valence-electron chi connectivity index (χ1n) is 10.2. The van der Waals surface area contributed by atoms with Crippen molar-refractivity contribution in [2.24, 2.45) is 0 Å². The summed E-state index contributed by atoms with van der Waals surface area (Å²) in [6.07, 6.45) is 0.844. The Bertz CT molecular complexity index is 987. The van der Waals surface area contributed by atoms with Crippen LogP contribution in [0.3, 0.4) is 0 Å². The molecule has 3 aromatic rings. The molecule has 0 aromatic heterocycles. The summed E-state index contributed by atoms with van der Waals surface area (Å²) in [5, 5.41) is 5.93. The number of anilines is 3. The summed E-state index contributed by atoms with van der Waals surface area (Å²) in [4.78, 5) is 25.2. The first-order valence-corrected chi connectivity index (χ1v) is 10.2. The van der Waals surface area contributed by atoms with Gasteiger partial charge in [0.2, 0.25) is 11.8 Å². The van der Waals surface area contributed by atoms with Gasteiger partial charge in [0.25, 0.3) is 0 Å². The monoisotopic (exact) mass is 417 g/mol. The van der Waals surface area contributed by atoms with Gasteiger partial charge in [-0.1, -0.05) is 30.3 Å². The van der Waals surface area contributed by atoms with Crippen LogP contribution in [0.25, 0.3) is 0 Å². The fraction of sp³-hybridized carbons (Fsp3) is 0.200. The second-order valence-corrected chi connectivity index (χ2v) is 7.14. The van der Waals surface area contributed by atoms with E-state index in [9.17, 15) is 9.59 Å². The molecule has 6 heteroatoms. The average molecular weight is 418 g/mol. The topological polar surface area (TPSA) is 70.7 Å². The fourth-order valence-corrected chi connectivity index (χ4v) is 2.94. The number of ether oxygens (including phenoxy) is 1. The second-order valence-electron chi connectivity index (χ2n) is 7.14. The van der Waals surface area contributed by atoms with Crippen molar-refractivity contribution in [3.8, 4) is 5.75 Å². The van der Waals surface area contributed by atoms with Crippen molar-refractivity contribution in [1.82, 2.24) is 0 Å².